The van der Waals surface area contributed by atoms with Crippen molar-refractivity contribution in [1.82, 2.24) is 4.90 Å². The number of rotatable bonds is 1. The summed E-state index contributed by atoms with van der Waals surface area (Å²) in [5.41, 5.74) is -0.957. The van der Waals surface area contributed by atoms with E-state index in [0.29, 0.717) is 5.92 Å². The molecule has 2 atom stereocenters. The number of nitrogens with zero attached hydrogens (tertiary/aromatic N) is 1. The van der Waals surface area contributed by atoms with Crippen molar-refractivity contribution < 1.29 is 9.59 Å². The van der Waals surface area contributed by atoms with Crippen LogP contribution in [0.5, 0.6) is 0 Å². The summed E-state index contributed by atoms with van der Waals surface area (Å²) in [6.45, 7) is 3.98. The Morgan fingerprint density at radius 2 is 2.00 bits per heavy atom. The molecule has 15 heavy (non-hydrogen) atoms. The average Bonchev–Trinajstić information content (AvgIpc) is 2.66. The molecule has 2 bridgehead atoms. The van der Waals surface area contributed by atoms with Crippen LogP contribution in [0, 0.1) is 16.7 Å². The van der Waals surface area contributed by atoms with Gasteiger partial charge in [0.25, 0.3) is 0 Å². The summed E-state index contributed by atoms with van der Waals surface area (Å²) in [7, 11) is 3.48. The summed E-state index contributed by atoms with van der Waals surface area (Å²) in [6, 6.07) is 0. The minimum atomic E-state index is -0.669. The van der Waals surface area contributed by atoms with E-state index in [-0.39, 0.29) is 17.1 Å². The van der Waals surface area contributed by atoms with Crippen molar-refractivity contribution in [2.75, 3.05) is 14.1 Å². The zero-order valence-corrected chi connectivity index (χ0v) is 9.96. The SMILES string of the molecule is CN(C)C(=O)[C@]12CC[C@H](C1)C(C)(C)C2=O. The number of hydrogen-bond acceptors (Lipinski definition) is 2. The van der Waals surface area contributed by atoms with Crippen LogP contribution in [0.3, 0.4) is 0 Å². The number of ketones is 1. The lowest BCUT2D eigenvalue weighted by Gasteiger charge is -2.33. The maximum absolute atomic E-state index is 12.3. The van der Waals surface area contributed by atoms with E-state index in [2.05, 4.69) is 0 Å². The van der Waals surface area contributed by atoms with Crippen LogP contribution in [0.15, 0.2) is 0 Å². The lowest BCUT2D eigenvalue weighted by molar-refractivity contribution is -0.149. The second-order valence-corrected chi connectivity index (χ2v) is 5.77. The molecule has 3 nitrogen and oxygen atoms in total. The summed E-state index contributed by atoms with van der Waals surface area (Å²) in [6.07, 6.45) is 2.56. The van der Waals surface area contributed by atoms with Crippen LogP contribution in [-0.4, -0.2) is 30.7 Å². The molecule has 0 heterocycles. The second kappa shape index (κ2) is 2.83. The van der Waals surface area contributed by atoms with Gasteiger partial charge in [0.15, 0.2) is 5.78 Å². The fourth-order valence-corrected chi connectivity index (χ4v) is 3.39. The molecule has 0 aromatic carbocycles. The minimum absolute atomic E-state index is 0.0144. The molecule has 3 heteroatoms. The van der Waals surface area contributed by atoms with E-state index in [1.54, 1.807) is 19.0 Å². The third-order valence-electron chi connectivity index (χ3n) is 4.37. The van der Waals surface area contributed by atoms with E-state index >= 15 is 0 Å². The van der Waals surface area contributed by atoms with Gasteiger partial charge in [-0.25, -0.2) is 0 Å². The van der Waals surface area contributed by atoms with Crippen LogP contribution >= 0.6 is 0 Å². The van der Waals surface area contributed by atoms with Crippen LogP contribution in [0.4, 0.5) is 0 Å². The van der Waals surface area contributed by atoms with E-state index in [1.165, 1.54) is 0 Å². The highest BCUT2D eigenvalue weighted by Gasteiger charge is 2.65. The van der Waals surface area contributed by atoms with E-state index in [1.807, 2.05) is 13.8 Å². The third kappa shape index (κ3) is 1.12. The molecule has 0 aromatic rings. The summed E-state index contributed by atoms with van der Waals surface area (Å²) in [5.74, 6) is 0.597. The van der Waals surface area contributed by atoms with E-state index in [0.717, 1.165) is 19.3 Å². The standard InChI is InChI=1S/C12H19NO2/c1-11(2)8-5-6-12(7-8,9(11)14)10(15)13(3)4/h8H,5-7H2,1-4H3/t8-,12-/m1/s1. The Labute approximate surface area is 90.8 Å². The Morgan fingerprint density at radius 3 is 2.40 bits per heavy atom. The van der Waals surface area contributed by atoms with E-state index in [9.17, 15) is 9.59 Å². The van der Waals surface area contributed by atoms with Gasteiger partial charge in [-0.2, -0.15) is 0 Å². The predicted molar refractivity (Wildman–Crippen MR) is 57.3 cm³/mol. The van der Waals surface area contributed by atoms with Crippen LogP contribution in [0.1, 0.15) is 33.1 Å². The monoisotopic (exact) mass is 209 g/mol. The first-order valence-corrected chi connectivity index (χ1v) is 5.59. The maximum atomic E-state index is 12.3. The molecule has 0 radical (unpaired) electrons. The fourth-order valence-electron chi connectivity index (χ4n) is 3.39. The predicted octanol–water partition coefficient (Wildman–Crippen LogP) is 1.47. The smallest absolute Gasteiger partial charge is 0.235 e. The minimum Gasteiger partial charge on any atom is -0.348 e. The van der Waals surface area contributed by atoms with Gasteiger partial charge in [-0.15, -0.1) is 0 Å². The van der Waals surface area contributed by atoms with Crippen molar-refractivity contribution in [3.05, 3.63) is 0 Å². The molecule has 0 unspecified atom stereocenters. The van der Waals surface area contributed by atoms with Crippen molar-refractivity contribution in [1.29, 1.82) is 0 Å². The summed E-state index contributed by atoms with van der Waals surface area (Å²) >= 11 is 0. The first-order valence-electron chi connectivity index (χ1n) is 5.59. The van der Waals surface area contributed by atoms with Gasteiger partial charge in [-0.05, 0) is 25.2 Å². The van der Waals surface area contributed by atoms with Gasteiger partial charge in [-0.1, -0.05) is 13.8 Å². The van der Waals surface area contributed by atoms with Crippen LogP contribution in [0.25, 0.3) is 0 Å². The maximum Gasteiger partial charge on any atom is 0.235 e. The lowest BCUT2D eigenvalue weighted by atomic mass is 9.70. The molecule has 0 N–H and O–H groups in total. The van der Waals surface area contributed by atoms with E-state index in [4.69, 9.17) is 0 Å². The number of hydrogen-bond donors (Lipinski definition) is 0. The van der Waals surface area contributed by atoms with Gasteiger partial charge in [0.2, 0.25) is 5.91 Å². The molecule has 0 spiro atoms. The van der Waals surface area contributed by atoms with Crippen molar-refractivity contribution >= 4 is 11.7 Å². The van der Waals surface area contributed by atoms with Crippen LogP contribution < -0.4 is 0 Å². The fraction of sp³-hybridized carbons (Fsp3) is 0.833. The molecule has 0 aliphatic heterocycles. The quantitative estimate of drug-likeness (QED) is 0.613. The first kappa shape index (κ1) is 10.7. The molecule has 2 saturated carbocycles. The Kier molecular flexibility index (Phi) is 2.01. The first-order chi connectivity index (χ1) is 6.82. The third-order valence-corrected chi connectivity index (χ3v) is 4.37. The number of carbonyl (C=O) groups is 2. The van der Waals surface area contributed by atoms with Crippen molar-refractivity contribution in [2.45, 2.75) is 33.1 Å². The highest BCUT2D eigenvalue weighted by Crippen LogP contribution is 2.60. The summed E-state index contributed by atoms with van der Waals surface area (Å²) < 4.78 is 0. The van der Waals surface area contributed by atoms with Gasteiger partial charge in [0.1, 0.15) is 5.41 Å². The topological polar surface area (TPSA) is 37.4 Å². The summed E-state index contributed by atoms with van der Waals surface area (Å²) in [5, 5.41) is 0. The number of fused-ring (bicyclic) bond motifs is 2. The molecule has 1 amide bonds. The van der Waals surface area contributed by atoms with Crippen molar-refractivity contribution in [3.63, 3.8) is 0 Å². The number of carbonyl (C=O) groups excluding carboxylic acids is 2. The van der Waals surface area contributed by atoms with Gasteiger partial charge in [-0.3, -0.25) is 9.59 Å². The number of Topliss-reactive ketones (excluding diaryl/α,β-unsaturated/α-hetero) is 1. The van der Waals surface area contributed by atoms with Gasteiger partial charge < -0.3 is 4.90 Å². The number of amides is 1. The Balaban J connectivity index is 2.39. The highest BCUT2D eigenvalue weighted by molar-refractivity contribution is 6.10. The molecular formula is C12H19NO2. The lowest BCUT2D eigenvalue weighted by Crippen LogP contribution is -2.46. The van der Waals surface area contributed by atoms with Gasteiger partial charge in [0.05, 0.1) is 0 Å². The Morgan fingerprint density at radius 1 is 1.40 bits per heavy atom. The van der Waals surface area contributed by atoms with Crippen LogP contribution in [0.2, 0.25) is 0 Å². The zero-order chi connectivity index (χ0) is 11.4. The van der Waals surface area contributed by atoms with Gasteiger partial charge >= 0.3 is 0 Å². The van der Waals surface area contributed by atoms with Gasteiger partial charge in [0, 0.05) is 19.5 Å². The Bertz CT molecular complexity index is 333. The largest absolute Gasteiger partial charge is 0.348 e. The molecule has 2 aliphatic carbocycles. The van der Waals surface area contributed by atoms with Crippen molar-refractivity contribution in [3.8, 4) is 0 Å². The van der Waals surface area contributed by atoms with Crippen molar-refractivity contribution in [2.24, 2.45) is 16.7 Å². The second-order valence-electron chi connectivity index (χ2n) is 5.77. The molecule has 0 saturated heterocycles. The molecule has 2 fully saturated rings. The normalized spacial score (nSPS) is 37.1. The van der Waals surface area contributed by atoms with E-state index < -0.39 is 5.41 Å². The molecular weight excluding hydrogens is 190 g/mol. The average molecular weight is 209 g/mol. The molecule has 0 aromatic heterocycles. The molecule has 2 aliphatic rings. The molecule has 2 rings (SSSR count). The Hall–Kier alpha value is -0.860. The van der Waals surface area contributed by atoms with Crippen LogP contribution in [-0.2, 0) is 9.59 Å². The molecule has 84 valence electrons. The summed E-state index contributed by atoms with van der Waals surface area (Å²) in [4.78, 5) is 26.0. The zero-order valence-electron chi connectivity index (χ0n) is 9.96. The highest BCUT2D eigenvalue weighted by atomic mass is 16.2.